The summed E-state index contributed by atoms with van der Waals surface area (Å²) in [5, 5.41) is 9.13. The van der Waals surface area contributed by atoms with E-state index in [1.165, 1.54) is 11.3 Å². The van der Waals surface area contributed by atoms with E-state index in [0.29, 0.717) is 44.6 Å². The first-order chi connectivity index (χ1) is 23.7. The number of hydrogen-bond acceptors (Lipinski definition) is 8. The van der Waals surface area contributed by atoms with Crippen LogP contribution in [0.2, 0.25) is 0 Å². The molecule has 11 heteroatoms. The number of amides is 3. The first-order valence-corrected chi connectivity index (χ1v) is 18.8. The Bertz CT molecular complexity index is 1560. The molecule has 0 saturated heterocycles. The van der Waals surface area contributed by atoms with Gasteiger partial charge in [0.25, 0.3) is 0 Å². The van der Waals surface area contributed by atoms with E-state index in [4.69, 9.17) is 4.74 Å². The highest BCUT2D eigenvalue weighted by atomic mass is 32.1. The van der Waals surface area contributed by atoms with Crippen molar-refractivity contribution in [1.29, 1.82) is 0 Å². The van der Waals surface area contributed by atoms with Gasteiger partial charge in [0.05, 0.1) is 33.7 Å². The van der Waals surface area contributed by atoms with Crippen LogP contribution < -0.4 is 10.6 Å². The van der Waals surface area contributed by atoms with E-state index in [2.05, 4.69) is 58.7 Å². The second kappa shape index (κ2) is 19.8. The molecule has 4 rings (SSSR count). The molecular weight excluding hydrogens is 655 g/mol. The Morgan fingerprint density at radius 1 is 0.898 bits per heavy atom. The Morgan fingerprint density at radius 3 is 2.20 bits per heavy atom. The zero-order valence-electron chi connectivity index (χ0n) is 29.0. The highest BCUT2D eigenvalue weighted by Crippen LogP contribution is 2.23. The molecule has 0 unspecified atom stereocenters. The van der Waals surface area contributed by atoms with Crippen molar-refractivity contribution in [3.63, 3.8) is 0 Å². The maximum atomic E-state index is 13.9. The molecule has 2 aromatic heterocycles. The van der Waals surface area contributed by atoms with Crippen molar-refractivity contribution in [2.75, 3.05) is 7.05 Å². The number of thiazole rings is 2. The normalized spacial score (nSPS) is 13.0. The van der Waals surface area contributed by atoms with Crippen molar-refractivity contribution in [2.45, 2.75) is 96.9 Å². The number of Topliss-reactive ketones (excluding diaryl/α,β-unsaturated/α-hetero) is 1. The SMILES string of the molecule is CCC[C@H](NC(=O)N(C)Cc1csc(C(C)C)n1)C(=O)C[C@@H](CC[C@@H](Cc1ccccc1)NC(=O)OCc1cncs1)Cc1ccccc1. The smallest absolute Gasteiger partial charge is 0.407 e. The van der Waals surface area contributed by atoms with E-state index in [0.717, 1.165) is 39.5 Å². The summed E-state index contributed by atoms with van der Waals surface area (Å²) < 4.78 is 5.50. The summed E-state index contributed by atoms with van der Waals surface area (Å²) in [6, 6.07) is 19.2. The van der Waals surface area contributed by atoms with Gasteiger partial charge in [0.15, 0.2) is 5.78 Å². The number of ketones is 1. The Morgan fingerprint density at radius 2 is 1.59 bits per heavy atom. The molecule has 9 nitrogen and oxygen atoms in total. The fourth-order valence-corrected chi connectivity index (χ4v) is 7.04. The van der Waals surface area contributed by atoms with Crippen LogP contribution >= 0.6 is 22.7 Å². The van der Waals surface area contributed by atoms with Gasteiger partial charge in [-0.1, -0.05) is 87.9 Å². The quantitative estimate of drug-likeness (QED) is 0.102. The van der Waals surface area contributed by atoms with E-state index in [-0.39, 0.29) is 30.4 Å². The molecule has 2 aromatic carbocycles. The highest BCUT2D eigenvalue weighted by Gasteiger charge is 2.26. The van der Waals surface area contributed by atoms with E-state index >= 15 is 0 Å². The molecule has 0 fully saturated rings. The third kappa shape index (κ3) is 13.0. The Hall–Kier alpha value is -4.09. The van der Waals surface area contributed by atoms with Crippen LogP contribution in [0, 0.1) is 5.92 Å². The van der Waals surface area contributed by atoms with Gasteiger partial charge in [0.1, 0.15) is 6.61 Å². The van der Waals surface area contributed by atoms with Gasteiger partial charge in [0.2, 0.25) is 0 Å². The largest absolute Gasteiger partial charge is 0.444 e. The van der Waals surface area contributed by atoms with Gasteiger partial charge in [0, 0.05) is 37.0 Å². The summed E-state index contributed by atoms with van der Waals surface area (Å²) in [7, 11) is 1.73. The summed E-state index contributed by atoms with van der Waals surface area (Å²) >= 11 is 3.04. The second-order valence-corrected chi connectivity index (χ2v) is 14.7. The molecule has 49 heavy (non-hydrogen) atoms. The minimum atomic E-state index is -0.583. The lowest BCUT2D eigenvalue weighted by Crippen LogP contribution is -2.46. The molecule has 0 aliphatic heterocycles. The van der Waals surface area contributed by atoms with Crippen molar-refractivity contribution < 1.29 is 19.1 Å². The summed E-state index contributed by atoms with van der Waals surface area (Å²) in [4.78, 5) is 51.2. The number of aromatic nitrogens is 2. The van der Waals surface area contributed by atoms with Gasteiger partial charge < -0.3 is 20.3 Å². The molecule has 0 saturated carbocycles. The van der Waals surface area contributed by atoms with Crippen LogP contribution in [0.5, 0.6) is 0 Å². The minimum Gasteiger partial charge on any atom is -0.444 e. The molecule has 0 bridgehead atoms. The summed E-state index contributed by atoms with van der Waals surface area (Å²) in [6.45, 7) is 6.77. The average molecular weight is 704 g/mol. The van der Waals surface area contributed by atoms with E-state index in [9.17, 15) is 14.4 Å². The topological polar surface area (TPSA) is 114 Å². The minimum absolute atomic E-state index is 0.0154. The van der Waals surface area contributed by atoms with Gasteiger partial charge in [-0.15, -0.1) is 22.7 Å². The zero-order chi connectivity index (χ0) is 35.0. The molecule has 2 N–H and O–H groups in total. The lowest BCUT2D eigenvalue weighted by Gasteiger charge is -2.25. The Labute approximate surface area is 298 Å². The molecule has 262 valence electrons. The lowest BCUT2D eigenvalue weighted by atomic mass is 9.86. The molecular formula is C38H49N5O4S2. The third-order valence-corrected chi connectivity index (χ3v) is 10.3. The van der Waals surface area contributed by atoms with Gasteiger partial charge in [-0.05, 0) is 49.1 Å². The van der Waals surface area contributed by atoms with Crippen LogP contribution in [0.25, 0.3) is 0 Å². The maximum Gasteiger partial charge on any atom is 0.407 e. The number of benzene rings is 2. The standard InChI is InChI=1S/C38H49N5O4S2/c1-5-12-34(42-37(45)43(4)23-32-25-48-36(40-32)27(2)3)35(44)21-30(19-28-13-8-6-9-14-28)17-18-31(20-29-15-10-7-11-16-29)41-38(46)47-24-33-22-39-26-49-33/h6-11,13-16,22,25-27,30-31,34H,5,12,17-21,23-24H2,1-4H3,(H,41,46)(H,42,45)/t30-,31-,34-/m0/s1. The molecule has 3 amide bonds. The average Bonchev–Trinajstić information content (AvgIpc) is 3.80. The van der Waals surface area contributed by atoms with Gasteiger partial charge in [-0.25, -0.2) is 14.6 Å². The fraction of sp³-hybridized carbons (Fsp3) is 0.447. The van der Waals surface area contributed by atoms with Gasteiger partial charge in [-0.2, -0.15) is 0 Å². The van der Waals surface area contributed by atoms with Crippen molar-refractivity contribution in [3.8, 4) is 0 Å². The third-order valence-electron chi connectivity index (χ3n) is 8.33. The molecule has 4 aromatic rings. The van der Waals surface area contributed by atoms with Crippen molar-refractivity contribution >= 4 is 40.6 Å². The number of ether oxygens (including phenoxy) is 1. The lowest BCUT2D eigenvalue weighted by molar-refractivity contribution is -0.122. The maximum absolute atomic E-state index is 13.9. The van der Waals surface area contributed by atoms with Crippen molar-refractivity contribution in [1.82, 2.24) is 25.5 Å². The first kappa shape index (κ1) is 37.7. The molecule has 0 aliphatic carbocycles. The zero-order valence-corrected chi connectivity index (χ0v) is 30.6. The van der Waals surface area contributed by atoms with Crippen LogP contribution in [0.15, 0.2) is 77.8 Å². The van der Waals surface area contributed by atoms with Crippen LogP contribution in [-0.2, 0) is 35.5 Å². The fourth-order valence-electron chi connectivity index (χ4n) is 5.71. The molecule has 0 aliphatic rings. The molecule has 0 spiro atoms. The number of urea groups is 1. The van der Waals surface area contributed by atoms with E-state index in [1.54, 1.807) is 35.0 Å². The summed E-state index contributed by atoms with van der Waals surface area (Å²) in [5.41, 5.74) is 4.82. The number of nitrogens with one attached hydrogen (secondary N) is 2. The van der Waals surface area contributed by atoms with Crippen LogP contribution in [-0.4, -0.2) is 51.9 Å². The van der Waals surface area contributed by atoms with Crippen LogP contribution in [0.4, 0.5) is 9.59 Å². The number of hydrogen-bond donors (Lipinski definition) is 2. The van der Waals surface area contributed by atoms with E-state index in [1.807, 2.05) is 48.7 Å². The summed E-state index contributed by atoms with van der Waals surface area (Å²) in [5.74, 6) is 0.374. The summed E-state index contributed by atoms with van der Waals surface area (Å²) in [6.07, 6.45) is 5.60. The monoisotopic (exact) mass is 703 g/mol. The predicted molar refractivity (Wildman–Crippen MR) is 197 cm³/mol. The van der Waals surface area contributed by atoms with Crippen molar-refractivity contribution in [2.24, 2.45) is 5.92 Å². The second-order valence-electron chi connectivity index (χ2n) is 12.9. The Kier molecular flexibility index (Phi) is 15.2. The van der Waals surface area contributed by atoms with E-state index < -0.39 is 12.1 Å². The Balaban J connectivity index is 1.42. The van der Waals surface area contributed by atoms with Crippen LogP contribution in [0.1, 0.15) is 85.5 Å². The van der Waals surface area contributed by atoms with Gasteiger partial charge >= 0.3 is 12.1 Å². The van der Waals surface area contributed by atoms with Gasteiger partial charge in [-0.3, -0.25) is 9.78 Å². The molecule has 3 atom stereocenters. The number of carbonyl (C=O) groups excluding carboxylic acids is 3. The molecule has 2 heterocycles. The number of nitrogens with zero attached hydrogens (tertiary/aromatic N) is 3. The number of carbonyl (C=O) groups is 3. The highest BCUT2D eigenvalue weighted by molar-refractivity contribution is 7.09. The number of alkyl carbamates (subject to hydrolysis) is 1. The van der Waals surface area contributed by atoms with Crippen LogP contribution in [0.3, 0.4) is 0 Å². The molecule has 0 radical (unpaired) electrons. The van der Waals surface area contributed by atoms with Crippen molar-refractivity contribution in [3.05, 3.63) is 104 Å². The number of rotatable bonds is 19. The first-order valence-electron chi connectivity index (χ1n) is 17.1. The predicted octanol–water partition coefficient (Wildman–Crippen LogP) is 8.17.